The summed E-state index contributed by atoms with van der Waals surface area (Å²) in [5.41, 5.74) is 0.947. The first kappa shape index (κ1) is 16.0. The molecule has 1 N–H and O–H groups in total. The first-order valence-corrected chi connectivity index (χ1v) is 6.70. The highest BCUT2D eigenvalue weighted by Crippen LogP contribution is 2.22. The molecule has 1 aromatic rings. The highest BCUT2D eigenvalue weighted by molar-refractivity contribution is 5.91. The maximum atomic E-state index is 12.1. The first-order valence-electron chi connectivity index (χ1n) is 6.70. The van der Waals surface area contributed by atoms with Gasteiger partial charge in [-0.25, -0.2) is 4.79 Å². The van der Waals surface area contributed by atoms with Crippen LogP contribution in [0.1, 0.15) is 36.7 Å². The van der Waals surface area contributed by atoms with Crippen LogP contribution in [0.2, 0.25) is 0 Å². The molecule has 0 aliphatic rings. The zero-order chi connectivity index (χ0) is 15.3. The Labute approximate surface area is 119 Å². The van der Waals surface area contributed by atoms with Crippen LogP contribution in [0.15, 0.2) is 18.2 Å². The van der Waals surface area contributed by atoms with Crippen molar-refractivity contribution in [3.63, 3.8) is 0 Å². The largest absolute Gasteiger partial charge is 0.480 e. The summed E-state index contributed by atoms with van der Waals surface area (Å²) in [6, 6.07) is 4.82. The van der Waals surface area contributed by atoms with Gasteiger partial charge in [0.25, 0.3) is 5.91 Å². The van der Waals surface area contributed by atoms with E-state index < -0.39 is 12.1 Å². The van der Waals surface area contributed by atoms with E-state index >= 15 is 0 Å². The van der Waals surface area contributed by atoms with Crippen molar-refractivity contribution in [3.05, 3.63) is 29.3 Å². The minimum atomic E-state index is -1.07. The second-order valence-corrected chi connectivity index (χ2v) is 4.58. The van der Waals surface area contributed by atoms with Gasteiger partial charge in [-0.05, 0) is 45.4 Å². The van der Waals surface area contributed by atoms with Gasteiger partial charge < -0.3 is 14.7 Å². The zero-order valence-electron chi connectivity index (χ0n) is 12.3. The molecule has 0 fully saturated rings. The fourth-order valence-corrected chi connectivity index (χ4v) is 1.94. The van der Waals surface area contributed by atoms with Gasteiger partial charge in [0.15, 0.2) is 6.10 Å². The molecule has 0 saturated heterocycles. The number of likely N-dealkylation sites (N-methyl/N-ethyl adjacent to an activating group) is 1. The van der Waals surface area contributed by atoms with Gasteiger partial charge >= 0.3 is 5.97 Å². The lowest BCUT2D eigenvalue weighted by atomic mass is 10.1. The van der Waals surface area contributed by atoms with Crippen LogP contribution in [0.5, 0.6) is 5.75 Å². The summed E-state index contributed by atoms with van der Waals surface area (Å²) in [6.07, 6.45) is -0.713. The summed E-state index contributed by atoms with van der Waals surface area (Å²) in [5, 5.41) is 9.13. The standard InChI is InChI=1S/C15H21NO4/c1-5-16(6-2)14(17)11(4)20-13-9-10(3)7-8-12(13)15(18)19/h7-9,11H,5-6H2,1-4H3,(H,18,19). The predicted molar refractivity (Wildman–Crippen MR) is 76.2 cm³/mol. The summed E-state index contributed by atoms with van der Waals surface area (Å²) in [6.45, 7) is 8.46. The molecule has 0 heterocycles. The molecule has 0 aliphatic carbocycles. The van der Waals surface area contributed by atoms with Crippen LogP contribution in [0.3, 0.4) is 0 Å². The molecule has 5 heteroatoms. The highest BCUT2D eigenvalue weighted by atomic mass is 16.5. The van der Waals surface area contributed by atoms with E-state index in [0.717, 1.165) is 5.56 Å². The van der Waals surface area contributed by atoms with Gasteiger partial charge in [-0.3, -0.25) is 4.79 Å². The van der Waals surface area contributed by atoms with E-state index in [0.29, 0.717) is 13.1 Å². The van der Waals surface area contributed by atoms with Crippen molar-refractivity contribution in [2.45, 2.75) is 33.8 Å². The van der Waals surface area contributed by atoms with E-state index in [-0.39, 0.29) is 17.2 Å². The molecule has 1 atom stereocenters. The fourth-order valence-electron chi connectivity index (χ4n) is 1.94. The Morgan fingerprint density at radius 2 is 1.90 bits per heavy atom. The van der Waals surface area contributed by atoms with E-state index in [1.165, 1.54) is 6.07 Å². The normalized spacial score (nSPS) is 11.8. The van der Waals surface area contributed by atoms with Crippen LogP contribution in [0, 0.1) is 6.92 Å². The van der Waals surface area contributed by atoms with Crippen molar-refractivity contribution < 1.29 is 19.4 Å². The topological polar surface area (TPSA) is 66.8 Å². The third-order valence-corrected chi connectivity index (χ3v) is 3.09. The average Bonchev–Trinajstić information content (AvgIpc) is 2.39. The van der Waals surface area contributed by atoms with Crippen LogP contribution < -0.4 is 4.74 Å². The van der Waals surface area contributed by atoms with Crippen molar-refractivity contribution in [2.75, 3.05) is 13.1 Å². The van der Waals surface area contributed by atoms with Crippen LogP contribution in [0.25, 0.3) is 0 Å². The van der Waals surface area contributed by atoms with E-state index in [9.17, 15) is 9.59 Å². The summed E-state index contributed by atoms with van der Waals surface area (Å²) in [4.78, 5) is 24.9. The number of ether oxygens (including phenoxy) is 1. The molecule has 1 unspecified atom stereocenters. The van der Waals surface area contributed by atoms with Crippen LogP contribution in [-0.2, 0) is 4.79 Å². The lowest BCUT2D eigenvalue weighted by molar-refractivity contribution is -0.137. The van der Waals surface area contributed by atoms with E-state index in [1.54, 1.807) is 24.0 Å². The molecular formula is C15H21NO4. The summed E-state index contributed by atoms with van der Waals surface area (Å²) in [5.74, 6) is -0.985. The van der Waals surface area contributed by atoms with Gasteiger partial charge in [0.2, 0.25) is 0 Å². The van der Waals surface area contributed by atoms with Crippen molar-refractivity contribution in [3.8, 4) is 5.75 Å². The van der Waals surface area contributed by atoms with Gasteiger partial charge in [0.05, 0.1) is 0 Å². The number of rotatable bonds is 6. The lowest BCUT2D eigenvalue weighted by Gasteiger charge is -2.24. The summed E-state index contributed by atoms with van der Waals surface area (Å²) < 4.78 is 5.56. The number of carbonyl (C=O) groups is 2. The second kappa shape index (κ2) is 6.93. The number of carboxylic acids is 1. The van der Waals surface area contributed by atoms with Crippen molar-refractivity contribution in [2.24, 2.45) is 0 Å². The van der Waals surface area contributed by atoms with Crippen LogP contribution in [0.4, 0.5) is 0 Å². The van der Waals surface area contributed by atoms with Crippen molar-refractivity contribution in [1.82, 2.24) is 4.90 Å². The molecule has 110 valence electrons. The molecular weight excluding hydrogens is 258 g/mol. The van der Waals surface area contributed by atoms with Gasteiger partial charge in [0, 0.05) is 13.1 Å². The molecule has 20 heavy (non-hydrogen) atoms. The number of hydrogen-bond acceptors (Lipinski definition) is 3. The number of amides is 1. The predicted octanol–water partition coefficient (Wildman–Crippen LogP) is 2.33. The molecule has 1 amide bonds. The Morgan fingerprint density at radius 3 is 2.40 bits per heavy atom. The molecule has 0 radical (unpaired) electrons. The number of aromatic carboxylic acids is 1. The van der Waals surface area contributed by atoms with E-state index in [1.807, 2.05) is 20.8 Å². The van der Waals surface area contributed by atoms with Crippen LogP contribution >= 0.6 is 0 Å². The summed E-state index contributed by atoms with van der Waals surface area (Å²) >= 11 is 0. The minimum Gasteiger partial charge on any atom is -0.480 e. The third-order valence-electron chi connectivity index (χ3n) is 3.09. The maximum absolute atomic E-state index is 12.1. The zero-order valence-corrected chi connectivity index (χ0v) is 12.3. The molecule has 0 bridgehead atoms. The Hall–Kier alpha value is -2.04. The van der Waals surface area contributed by atoms with Crippen molar-refractivity contribution >= 4 is 11.9 Å². The van der Waals surface area contributed by atoms with Crippen LogP contribution in [-0.4, -0.2) is 41.1 Å². The van der Waals surface area contributed by atoms with Gasteiger partial charge in [-0.15, -0.1) is 0 Å². The van der Waals surface area contributed by atoms with Gasteiger partial charge in [-0.1, -0.05) is 6.07 Å². The molecule has 0 aliphatic heterocycles. The third kappa shape index (κ3) is 3.73. The Bertz CT molecular complexity index is 495. The number of carbonyl (C=O) groups excluding carboxylic acids is 1. The number of carboxylic acid groups (broad SMARTS) is 1. The van der Waals surface area contributed by atoms with E-state index in [2.05, 4.69) is 0 Å². The lowest BCUT2D eigenvalue weighted by Crippen LogP contribution is -2.40. The number of hydrogen-bond donors (Lipinski definition) is 1. The Kier molecular flexibility index (Phi) is 5.55. The SMILES string of the molecule is CCN(CC)C(=O)C(C)Oc1cc(C)ccc1C(=O)O. The van der Waals surface area contributed by atoms with Crippen molar-refractivity contribution in [1.29, 1.82) is 0 Å². The fraction of sp³-hybridized carbons (Fsp3) is 0.467. The molecule has 0 saturated carbocycles. The first-order chi connectivity index (χ1) is 9.40. The smallest absolute Gasteiger partial charge is 0.339 e. The molecule has 5 nitrogen and oxygen atoms in total. The molecule has 0 spiro atoms. The summed E-state index contributed by atoms with van der Waals surface area (Å²) in [7, 11) is 0. The highest BCUT2D eigenvalue weighted by Gasteiger charge is 2.22. The number of nitrogens with zero attached hydrogens (tertiary/aromatic N) is 1. The maximum Gasteiger partial charge on any atom is 0.339 e. The number of benzene rings is 1. The van der Waals surface area contributed by atoms with Gasteiger partial charge in [0.1, 0.15) is 11.3 Å². The second-order valence-electron chi connectivity index (χ2n) is 4.58. The Balaban J connectivity index is 2.95. The Morgan fingerprint density at radius 1 is 1.30 bits per heavy atom. The van der Waals surface area contributed by atoms with Gasteiger partial charge in [-0.2, -0.15) is 0 Å². The minimum absolute atomic E-state index is 0.0646. The van der Waals surface area contributed by atoms with E-state index in [4.69, 9.17) is 9.84 Å². The molecule has 1 aromatic carbocycles. The molecule has 1 rings (SSSR count). The monoisotopic (exact) mass is 279 g/mol. The quantitative estimate of drug-likeness (QED) is 0.868. The number of aryl methyl sites for hydroxylation is 1. The average molecular weight is 279 g/mol. The molecule has 0 aromatic heterocycles.